The zero-order chi connectivity index (χ0) is 7.40. The molecule has 0 atom stereocenters. The van der Waals surface area contributed by atoms with Crippen molar-refractivity contribution >= 4 is 5.69 Å². The molecule has 0 amide bonds. The molecule has 0 aliphatic rings. The van der Waals surface area contributed by atoms with E-state index in [4.69, 9.17) is 0 Å². The first kappa shape index (κ1) is 9.38. The Bertz CT molecular complexity index is 235. The van der Waals surface area contributed by atoms with Crippen LogP contribution in [0.5, 0.6) is 0 Å². The van der Waals surface area contributed by atoms with Crippen molar-refractivity contribution in [2.75, 3.05) is 0 Å². The maximum Gasteiger partial charge on any atom is 0.244 e. The first-order valence-electron chi connectivity index (χ1n) is 2.70. The van der Waals surface area contributed by atoms with Gasteiger partial charge in [0.2, 0.25) is 5.69 Å². The predicted molar refractivity (Wildman–Crippen MR) is 41.5 cm³/mol. The van der Waals surface area contributed by atoms with Crippen molar-refractivity contribution in [1.82, 2.24) is 6.15 Å². The van der Waals surface area contributed by atoms with Crippen molar-refractivity contribution in [3.05, 3.63) is 40.7 Å². The van der Waals surface area contributed by atoms with Gasteiger partial charge >= 0.3 is 0 Å². The van der Waals surface area contributed by atoms with E-state index in [2.05, 4.69) is 5.28 Å². The van der Waals surface area contributed by atoms with Gasteiger partial charge in [-0.1, -0.05) is 23.1 Å². The van der Waals surface area contributed by atoms with Gasteiger partial charge in [0.05, 0.1) is 0 Å². The van der Waals surface area contributed by atoms with Crippen molar-refractivity contribution in [2.24, 2.45) is 5.28 Å². The molecule has 0 aromatic heterocycles. The Morgan fingerprint density at radius 2 is 1.73 bits per heavy atom. The number of nitrogens with zero attached hydrogens (tertiary/aromatic N) is 2. The van der Waals surface area contributed by atoms with Crippen LogP contribution in [0.4, 0.5) is 5.69 Å². The van der Waals surface area contributed by atoms with Gasteiger partial charge in [-0.05, 0) is 5.28 Å². The summed E-state index contributed by atoms with van der Waals surface area (Å²) in [6, 6.07) is 8.09. The lowest BCUT2D eigenvalue weighted by Gasteiger charge is -1.98. The molecule has 5 heteroatoms. The zero-order valence-corrected chi connectivity index (χ0v) is 6.10. The summed E-state index contributed by atoms with van der Waals surface area (Å²) in [4.78, 5) is 0.0278. The van der Waals surface area contributed by atoms with Crippen molar-refractivity contribution in [3.8, 4) is 0 Å². The molecule has 0 unspecified atom stereocenters. The lowest BCUT2D eigenvalue weighted by Crippen LogP contribution is -1.87. The number of rotatable bonds is 1. The molecule has 1 aromatic carbocycles. The lowest BCUT2D eigenvalue weighted by molar-refractivity contribution is -0.436. The molecule has 0 heterocycles. The van der Waals surface area contributed by atoms with E-state index in [1.54, 1.807) is 18.2 Å². The van der Waals surface area contributed by atoms with E-state index >= 15 is 0 Å². The average Bonchev–Trinajstić information content (AvgIpc) is 2.05. The Kier molecular flexibility index (Phi) is 3.61. The fourth-order valence-electron chi connectivity index (χ4n) is 0.603. The fourth-order valence-corrected chi connectivity index (χ4v) is 0.603. The summed E-state index contributed by atoms with van der Waals surface area (Å²) in [6.07, 6.45) is 0. The van der Waals surface area contributed by atoms with Crippen LogP contribution >= 0.6 is 0 Å². The van der Waals surface area contributed by atoms with E-state index in [0.717, 1.165) is 0 Å². The van der Waals surface area contributed by atoms with Gasteiger partial charge in [0, 0.05) is 12.1 Å². The molecule has 1 aromatic rings. The van der Waals surface area contributed by atoms with Crippen LogP contribution in [0.3, 0.4) is 0 Å². The summed E-state index contributed by atoms with van der Waals surface area (Å²) in [7, 11) is 0. The Morgan fingerprint density at radius 3 is 2.18 bits per heavy atom. The Balaban J connectivity index is 0.000001000. The van der Waals surface area contributed by atoms with Crippen LogP contribution in [-0.2, 0) is 0 Å². The topological polar surface area (TPSA) is 98.0 Å². The van der Waals surface area contributed by atoms with Gasteiger partial charge < -0.3 is 16.6 Å². The highest BCUT2D eigenvalue weighted by molar-refractivity contribution is 5.27. The van der Waals surface area contributed by atoms with Gasteiger partial charge in [-0.3, -0.25) is 0 Å². The molecule has 0 aliphatic carbocycles. The Labute approximate surface area is 63.7 Å². The Hall–Kier alpha value is -1.62. The largest absolute Gasteiger partial charge is 0.739 e. The number of benzene rings is 1. The second-order valence-corrected chi connectivity index (χ2v) is 1.69. The minimum atomic E-state index is 0. The van der Waals surface area contributed by atoms with E-state index in [1.165, 1.54) is 12.1 Å². The molecule has 0 radical (unpaired) electrons. The molecule has 0 saturated heterocycles. The number of para-hydroxylation sites is 1. The van der Waals surface area contributed by atoms with Crippen molar-refractivity contribution in [2.45, 2.75) is 0 Å². The first-order chi connectivity index (χ1) is 4.84. The van der Waals surface area contributed by atoms with Gasteiger partial charge in [0.15, 0.2) is 0 Å². The van der Waals surface area contributed by atoms with Gasteiger partial charge in [0.1, 0.15) is 0 Å². The SMILES string of the molecule is [NH4+].[O-]/N=[N+](\[O-])c1ccccc1. The highest BCUT2D eigenvalue weighted by Gasteiger charge is 1.95. The molecule has 11 heavy (non-hydrogen) atoms. The maximum absolute atomic E-state index is 10.5. The summed E-state index contributed by atoms with van der Waals surface area (Å²) >= 11 is 0. The molecule has 0 bridgehead atoms. The minimum Gasteiger partial charge on any atom is -0.739 e. The molecular formula is C6H9N3O2. The smallest absolute Gasteiger partial charge is 0.244 e. The maximum atomic E-state index is 10.5. The summed E-state index contributed by atoms with van der Waals surface area (Å²) in [5.41, 5.74) is 0.248. The van der Waals surface area contributed by atoms with Crippen LogP contribution in [0.15, 0.2) is 35.6 Å². The van der Waals surface area contributed by atoms with Gasteiger partial charge in [-0.15, -0.1) is 0 Å². The van der Waals surface area contributed by atoms with Gasteiger partial charge in [0.25, 0.3) is 0 Å². The summed E-state index contributed by atoms with van der Waals surface area (Å²) in [5, 5.41) is 22.3. The third kappa shape index (κ3) is 2.23. The molecule has 5 nitrogen and oxygen atoms in total. The molecule has 0 spiro atoms. The third-order valence-electron chi connectivity index (χ3n) is 1.05. The van der Waals surface area contributed by atoms with Crippen LogP contribution in [-0.4, -0.2) is 4.86 Å². The molecule has 1 rings (SSSR count). The van der Waals surface area contributed by atoms with Crippen LogP contribution in [0, 0.1) is 10.4 Å². The monoisotopic (exact) mass is 155 g/mol. The molecule has 0 fully saturated rings. The second-order valence-electron chi connectivity index (χ2n) is 1.69. The van der Waals surface area contributed by atoms with Crippen molar-refractivity contribution in [3.63, 3.8) is 0 Å². The van der Waals surface area contributed by atoms with Crippen molar-refractivity contribution in [1.29, 1.82) is 0 Å². The fraction of sp³-hybridized carbons (Fsp3) is 0. The first-order valence-corrected chi connectivity index (χ1v) is 2.70. The quantitative estimate of drug-likeness (QED) is 0.381. The molecular weight excluding hydrogens is 146 g/mol. The minimum absolute atomic E-state index is 0. The standard InChI is InChI=1S/C6H6N2O2.H3N/c9-7-8(10)6-4-2-1-3-5-6;/h1-5,9H;1H3/b8-7-;. The van der Waals surface area contributed by atoms with Crippen molar-refractivity contribution < 1.29 is 4.86 Å². The normalized spacial score (nSPS) is 10.4. The summed E-state index contributed by atoms with van der Waals surface area (Å²) < 4.78 is 0. The van der Waals surface area contributed by atoms with E-state index in [1.807, 2.05) is 0 Å². The predicted octanol–water partition coefficient (Wildman–Crippen LogP) is 2.15. The lowest BCUT2D eigenvalue weighted by atomic mass is 10.3. The second kappa shape index (κ2) is 4.24. The highest BCUT2D eigenvalue weighted by atomic mass is 16.6. The molecule has 0 aliphatic heterocycles. The number of quaternary nitrogens is 1. The van der Waals surface area contributed by atoms with E-state index in [-0.39, 0.29) is 16.7 Å². The van der Waals surface area contributed by atoms with Crippen LogP contribution in [0.25, 0.3) is 0 Å². The van der Waals surface area contributed by atoms with Gasteiger partial charge in [-0.25, -0.2) is 0 Å². The summed E-state index contributed by atoms with van der Waals surface area (Å²) in [5.74, 6) is 0. The number of hydrogen-bond donors (Lipinski definition) is 1. The van der Waals surface area contributed by atoms with Crippen LogP contribution < -0.4 is 6.15 Å². The van der Waals surface area contributed by atoms with E-state index < -0.39 is 0 Å². The van der Waals surface area contributed by atoms with E-state index in [9.17, 15) is 10.4 Å². The zero-order valence-electron chi connectivity index (χ0n) is 6.10. The molecule has 60 valence electrons. The van der Waals surface area contributed by atoms with Crippen LogP contribution in [0.2, 0.25) is 0 Å². The average molecular weight is 155 g/mol. The highest BCUT2D eigenvalue weighted by Crippen LogP contribution is 2.08. The van der Waals surface area contributed by atoms with E-state index in [0.29, 0.717) is 0 Å². The third-order valence-corrected chi connectivity index (χ3v) is 1.05. The van der Waals surface area contributed by atoms with Gasteiger partial charge in [-0.2, -0.15) is 0 Å². The van der Waals surface area contributed by atoms with Crippen LogP contribution in [0.1, 0.15) is 0 Å². The molecule has 4 N–H and O–H groups in total. The Morgan fingerprint density at radius 1 is 1.18 bits per heavy atom. The number of hydrogen-bond acceptors (Lipinski definition) is 3. The molecule has 0 saturated carbocycles. The summed E-state index contributed by atoms with van der Waals surface area (Å²) in [6.45, 7) is 0.